The van der Waals surface area contributed by atoms with Crippen molar-refractivity contribution in [2.45, 2.75) is 71.2 Å². The molecule has 2 fully saturated rings. The van der Waals surface area contributed by atoms with Gasteiger partial charge >= 0.3 is 0 Å². The van der Waals surface area contributed by atoms with Crippen molar-refractivity contribution in [3.8, 4) is 17.6 Å². The zero-order valence-electron chi connectivity index (χ0n) is 22.3. The van der Waals surface area contributed by atoms with Gasteiger partial charge in [-0.2, -0.15) is 0 Å². The first-order chi connectivity index (χ1) is 17.4. The Hall–Kier alpha value is -2.36. The Bertz CT molecular complexity index is 1040. The predicted molar refractivity (Wildman–Crippen MR) is 147 cm³/mol. The number of phenols is 1. The molecule has 194 valence electrons. The lowest BCUT2D eigenvalue weighted by Gasteiger charge is -2.37. The van der Waals surface area contributed by atoms with Crippen molar-refractivity contribution in [2.75, 3.05) is 39.3 Å². The lowest BCUT2D eigenvalue weighted by molar-refractivity contribution is 0.0247. The molecule has 4 rings (SSSR count). The van der Waals surface area contributed by atoms with E-state index in [1.54, 1.807) is 0 Å². The minimum Gasteiger partial charge on any atom is -0.507 e. The van der Waals surface area contributed by atoms with Crippen LogP contribution in [-0.2, 0) is 13.1 Å². The van der Waals surface area contributed by atoms with Crippen molar-refractivity contribution < 1.29 is 10.2 Å². The van der Waals surface area contributed by atoms with Crippen LogP contribution >= 0.6 is 0 Å². The number of rotatable bonds is 7. The van der Waals surface area contributed by atoms with Crippen molar-refractivity contribution in [3.63, 3.8) is 0 Å². The molecule has 0 spiro atoms. The molecule has 0 radical (unpaired) electrons. The summed E-state index contributed by atoms with van der Waals surface area (Å²) in [6.45, 7) is 14.1. The summed E-state index contributed by atoms with van der Waals surface area (Å²) in [4.78, 5) is 7.39. The van der Waals surface area contributed by atoms with Gasteiger partial charge in [0.05, 0.1) is 0 Å². The number of nitrogens with zero attached hydrogens (tertiary/aromatic N) is 3. The summed E-state index contributed by atoms with van der Waals surface area (Å²) in [6, 6.07) is 15.1. The maximum Gasteiger partial charge on any atom is 0.128 e. The Morgan fingerprint density at radius 2 is 1.58 bits per heavy atom. The highest BCUT2D eigenvalue weighted by Gasteiger charge is 2.30. The van der Waals surface area contributed by atoms with E-state index in [0.29, 0.717) is 24.6 Å². The van der Waals surface area contributed by atoms with Crippen LogP contribution in [0.2, 0.25) is 0 Å². The molecule has 2 N–H and O–H groups in total. The maximum atomic E-state index is 11.1. The first-order valence-electron chi connectivity index (χ1n) is 13.7. The third-order valence-electron chi connectivity index (χ3n) is 8.03. The van der Waals surface area contributed by atoms with Crippen molar-refractivity contribution >= 4 is 0 Å². The normalized spacial score (nSPS) is 19.2. The van der Waals surface area contributed by atoms with Crippen molar-refractivity contribution in [1.29, 1.82) is 0 Å². The van der Waals surface area contributed by atoms with Gasteiger partial charge < -0.3 is 15.1 Å². The summed E-state index contributed by atoms with van der Waals surface area (Å²) < 4.78 is 0. The highest BCUT2D eigenvalue weighted by atomic mass is 16.3. The van der Waals surface area contributed by atoms with E-state index in [9.17, 15) is 10.2 Å². The molecule has 5 heteroatoms. The van der Waals surface area contributed by atoms with Crippen LogP contribution in [0.3, 0.4) is 0 Å². The second-order valence-electron chi connectivity index (χ2n) is 10.6. The molecule has 0 aliphatic carbocycles. The molecule has 2 aromatic carbocycles. The quantitative estimate of drug-likeness (QED) is 0.565. The fourth-order valence-corrected chi connectivity index (χ4v) is 5.70. The van der Waals surface area contributed by atoms with Gasteiger partial charge in [-0.25, -0.2) is 0 Å². The third kappa shape index (κ3) is 6.89. The fraction of sp³-hybridized carbons (Fsp3) is 0.548. The fourth-order valence-electron chi connectivity index (χ4n) is 5.70. The number of aromatic hydroxyl groups is 1. The van der Waals surface area contributed by atoms with Gasteiger partial charge in [-0.15, -0.1) is 0 Å². The average molecular weight is 490 g/mol. The Balaban J connectivity index is 1.36. The number of benzene rings is 2. The Morgan fingerprint density at radius 1 is 0.944 bits per heavy atom. The van der Waals surface area contributed by atoms with E-state index in [-0.39, 0.29) is 0 Å². The molecule has 36 heavy (non-hydrogen) atoms. The van der Waals surface area contributed by atoms with E-state index < -0.39 is 5.60 Å². The molecular weight excluding hydrogens is 446 g/mol. The second-order valence-corrected chi connectivity index (χ2v) is 10.6. The highest BCUT2D eigenvalue weighted by Crippen LogP contribution is 2.28. The molecule has 2 aromatic rings. The van der Waals surface area contributed by atoms with Crippen LogP contribution in [0.5, 0.6) is 5.75 Å². The van der Waals surface area contributed by atoms with Crippen molar-refractivity contribution in [2.24, 2.45) is 0 Å². The van der Waals surface area contributed by atoms with Gasteiger partial charge in [-0.3, -0.25) is 9.80 Å². The lowest BCUT2D eigenvalue weighted by atomic mass is 9.91. The van der Waals surface area contributed by atoms with Gasteiger partial charge in [-0.05, 0) is 69.2 Å². The highest BCUT2D eigenvalue weighted by molar-refractivity contribution is 5.49. The molecule has 0 saturated carbocycles. The van der Waals surface area contributed by atoms with Crippen LogP contribution in [-0.4, -0.2) is 75.8 Å². The molecular formula is C31H43N3O2. The van der Waals surface area contributed by atoms with Gasteiger partial charge in [0.25, 0.3) is 0 Å². The van der Waals surface area contributed by atoms with Crippen LogP contribution < -0.4 is 0 Å². The van der Waals surface area contributed by atoms with E-state index in [1.165, 1.54) is 18.4 Å². The van der Waals surface area contributed by atoms with Gasteiger partial charge in [0.2, 0.25) is 0 Å². The first-order valence-corrected chi connectivity index (χ1v) is 13.7. The van der Waals surface area contributed by atoms with E-state index in [2.05, 4.69) is 64.7 Å². The van der Waals surface area contributed by atoms with Crippen LogP contribution in [0.25, 0.3) is 0 Å². The van der Waals surface area contributed by atoms with E-state index in [1.807, 2.05) is 25.1 Å². The summed E-state index contributed by atoms with van der Waals surface area (Å²) in [5, 5.41) is 21.9. The average Bonchev–Trinajstić information content (AvgIpc) is 2.89. The molecule has 2 saturated heterocycles. The predicted octanol–water partition coefficient (Wildman–Crippen LogP) is 4.39. The number of aryl methyl sites for hydroxylation is 1. The molecule has 0 aromatic heterocycles. The minimum atomic E-state index is -0.953. The Morgan fingerprint density at radius 3 is 2.22 bits per heavy atom. The van der Waals surface area contributed by atoms with Crippen molar-refractivity contribution in [3.05, 3.63) is 64.7 Å². The number of hydrogen-bond donors (Lipinski definition) is 2. The number of phenolic OH excluding ortho intramolecular Hbond substituents is 1. The van der Waals surface area contributed by atoms with Crippen LogP contribution in [0.4, 0.5) is 0 Å². The van der Waals surface area contributed by atoms with Gasteiger partial charge in [-0.1, -0.05) is 56.0 Å². The van der Waals surface area contributed by atoms with E-state index in [4.69, 9.17) is 0 Å². The molecule has 2 aliphatic heterocycles. The first kappa shape index (κ1) is 26.7. The van der Waals surface area contributed by atoms with Crippen LogP contribution in [0, 0.1) is 18.8 Å². The second kappa shape index (κ2) is 12.3. The number of aliphatic hydroxyl groups is 1. The smallest absolute Gasteiger partial charge is 0.128 e. The molecule has 0 bridgehead atoms. The van der Waals surface area contributed by atoms with Crippen LogP contribution in [0.15, 0.2) is 42.5 Å². The molecule has 0 amide bonds. The molecule has 2 aliphatic rings. The number of piperidine rings is 2. The van der Waals surface area contributed by atoms with Crippen molar-refractivity contribution in [1.82, 2.24) is 14.7 Å². The maximum absolute atomic E-state index is 11.1. The van der Waals surface area contributed by atoms with Gasteiger partial charge in [0.15, 0.2) is 0 Å². The number of likely N-dealkylation sites (tertiary alicyclic amines) is 2. The van der Waals surface area contributed by atoms with E-state index >= 15 is 0 Å². The monoisotopic (exact) mass is 489 g/mol. The molecule has 0 atom stereocenters. The summed E-state index contributed by atoms with van der Waals surface area (Å²) in [7, 11) is 0. The third-order valence-corrected chi connectivity index (χ3v) is 8.03. The molecule has 5 nitrogen and oxygen atoms in total. The largest absolute Gasteiger partial charge is 0.507 e. The lowest BCUT2D eigenvalue weighted by Crippen LogP contribution is -2.44. The Kier molecular flexibility index (Phi) is 9.09. The summed E-state index contributed by atoms with van der Waals surface area (Å²) in [6.07, 6.45) is 3.65. The zero-order valence-corrected chi connectivity index (χ0v) is 22.3. The summed E-state index contributed by atoms with van der Waals surface area (Å²) in [5.74, 6) is 6.81. The SMILES string of the molecule is CCN(CC)C1CCN(Cc2cc(C#CC3(O)CCN(Cc4ccccc4)CC3)cc(C)c2O)CC1. The molecule has 0 unspecified atom stereocenters. The van der Waals surface area contributed by atoms with Gasteiger partial charge in [0, 0.05) is 56.2 Å². The molecule has 2 heterocycles. The zero-order chi connectivity index (χ0) is 25.5. The Labute approximate surface area is 217 Å². The summed E-state index contributed by atoms with van der Waals surface area (Å²) >= 11 is 0. The standard InChI is InChI=1S/C31H43N3O2/c1-4-34(5-2)29-12-17-32(18-13-29)24-28-22-27(21-25(3)30(28)35)11-14-31(36)15-19-33(20-16-31)23-26-9-7-6-8-10-26/h6-10,21-22,29,35-36H,4-5,12-13,15-20,23-24H2,1-3H3. The van der Waals surface area contributed by atoms with Crippen LogP contribution in [0.1, 0.15) is 61.8 Å². The minimum absolute atomic E-state index is 0.374. The topological polar surface area (TPSA) is 50.2 Å². The van der Waals surface area contributed by atoms with E-state index in [0.717, 1.165) is 69.0 Å². The number of hydrogen-bond acceptors (Lipinski definition) is 5. The van der Waals surface area contributed by atoms with Gasteiger partial charge in [0.1, 0.15) is 11.4 Å². The summed E-state index contributed by atoms with van der Waals surface area (Å²) in [5.41, 5.74) is 3.01.